The summed E-state index contributed by atoms with van der Waals surface area (Å²) in [7, 11) is 0. The van der Waals surface area contributed by atoms with Crippen molar-refractivity contribution in [2.75, 3.05) is 0 Å². The van der Waals surface area contributed by atoms with Crippen LogP contribution in [0.25, 0.3) is 34.2 Å². The SMILES string of the molecule is Oc1ccc(-c2nc(-c3ncccn3)[nH]c2-c2ccc(O)cc2)cc1. The second kappa shape index (κ2) is 6.09. The Kier molecular flexibility index (Phi) is 3.63. The van der Waals surface area contributed by atoms with Gasteiger partial charge in [0.05, 0.1) is 11.4 Å². The number of imidazole rings is 1. The third-order valence-electron chi connectivity index (χ3n) is 3.78. The van der Waals surface area contributed by atoms with E-state index >= 15 is 0 Å². The molecule has 0 saturated heterocycles. The molecule has 2 aromatic carbocycles. The summed E-state index contributed by atoms with van der Waals surface area (Å²) in [5, 5.41) is 19.1. The first-order valence-corrected chi connectivity index (χ1v) is 7.67. The average molecular weight is 330 g/mol. The molecule has 0 fully saturated rings. The molecule has 0 bridgehead atoms. The topological polar surface area (TPSA) is 94.9 Å². The Hall–Kier alpha value is -3.67. The standard InChI is InChI=1S/C19H14N4O2/c24-14-6-2-12(3-7-14)16-17(13-4-8-15(25)9-5-13)23-19(22-16)18-20-10-1-11-21-18/h1-11,24-25H,(H,22,23). The molecule has 4 rings (SSSR count). The van der Waals surface area contributed by atoms with Crippen molar-refractivity contribution in [3.05, 3.63) is 67.0 Å². The Morgan fingerprint density at radius 3 is 1.88 bits per heavy atom. The lowest BCUT2D eigenvalue weighted by Gasteiger charge is -2.04. The van der Waals surface area contributed by atoms with Crippen molar-refractivity contribution in [2.24, 2.45) is 0 Å². The predicted octanol–water partition coefficient (Wildman–Crippen LogP) is 3.61. The van der Waals surface area contributed by atoms with Crippen LogP contribution in [-0.4, -0.2) is 30.1 Å². The average Bonchev–Trinajstić information content (AvgIpc) is 3.09. The molecule has 6 nitrogen and oxygen atoms in total. The van der Waals surface area contributed by atoms with Crippen molar-refractivity contribution in [3.8, 4) is 45.7 Å². The fourth-order valence-electron chi connectivity index (χ4n) is 2.57. The number of phenolic OH excluding ortho intramolecular Hbond substituents is 2. The molecule has 0 amide bonds. The van der Waals surface area contributed by atoms with Gasteiger partial charge in [-0.2, -0.15) is 0 Å². The maximum atomic E-state index is 9.53. The van der Waals surface area contributed by atoms with Gasteiger partial charge in [-0.15, -0.1) is 0 Å². The highest BCUT2D eigenvalue weighted by Crippen LogP contribution is 2.33. The van der Waals surface area contributed by atoms with Gasteiger partial charge in [-0.3, -0.25) is 0 Å². The van der Waals surface area contributed by atoms with Crippen LogP contribution in [0.3, 0.4) is 0 Å². The van der Waals surface area contributed by atoms with Crippen LogP contribution in [0, 0.1) is 0 Å². The van der Waals surface area contributed by atoms with Gasteiger partial charge in [0.2, 0.25) is 0 Å². The molecule has 0 aliphatic heterocycles. The second-order valence-electron chi connectivity index (χ2n) is 5.48. The monoisotopic (exact) mass is 330 g/mol. The van der Waals surface area contributed by atoms with Gasteiger partial charge in [-0.05, 0) is 54.6 Å². The highest BCUT2D eigenvalue weighted by atomic mass is 16.3. The molecular weight excluding hydrogens is 316 g/mol. The van der Waals surface area contributed by atoms with E-state index in [1.807, 2.05) is 12.1 Å². The molecular formula is C19H14N4O2. The summed E-state index contributed by atoms with van der Waals surface area (Å²) in [5.41, 5.74) is 3.22. The quantitative estimate of drug-likeness (QED) is 0.533. The Bertz CT molecular complexity index is 931. The van der Waals surface area contributed by atoms with E-state index in [9.17, 15) is 10.2 Å². The first kappa shape index (κ1) is 14.9. The van der Waals surface area contributed by atoms with Crippen molar-refractivity contribution in [2.45, 2.75) is 0 Å². The maximum absolute atomic E-state index is 9.53. The molecule has 4 aromatic rings. The molecule has 0 unspecified atom stereocenters. The fourth-order valence-corrected chi connectivity index (χ4v) is 2.57. The van der Waals surface area contributed by atoms with Gasteiger partial charge in [-0.25, -0.2) is 15.0 Å². The summed E-state index contributed by atoms with van der Waals surface area (Å²) in [6.45, 7) is 0. The third kappa shape index (κ3) is 2.92. The first-order valence-electron chi connectivity index (χ1n) is 7.67. The molecule has 25 heavy (non-hydrogen) atoms. The van der Waals surface area contributed by atoms with Gasteiger partial charge in [0.1, 0.15) is 11.5 Å². The summed E-state index contributed by atoms with van der Waals surface area (Å²) in [5.74, 6) is 1.43. The number of phenols is 2. The second-order valence-corrected chi connectivity index (χ2v) is 5.48. The van der Waals surface area contributed by atoms with Gasteiger partial charge >= 0.3 is 0 Å². The van der Waals surface area contributed by atoms with Gasteiger partial charge in [0.15, 0.2) is 11.6 Å². The molecule has 2 aromatic heterocycles. The van der Waals surface area contributed by atoms with Gasteiger partial charge in [0, 0.05) is 23.5 Å². The number of rotatable bonds is 3. The van der Waals surface area contributed by atoms with Crippen LogP contribution in [0.2, 0.25) is 0 Å². The number of nitrogens with one attached hydrogen (secondary N) is 1. The Morgan fingerprint density at radius 2 is 1.28 bits per heavy atom. The number of hydrogen-bond donors (Lipinski definition) is 3. The lowest BCUT2D eigenvalue weighted by Crippen LogP contribution is -1.88. The number of benzene rings is 2. The zero-order valence-electron chi connectivity index (χ0n) is 13.1. The Morgan fingerprint density at radius 1 is 0.720 bits per heavy atom. The summed E-state index contributed by atoms with van der Waals surface area (Å²) in [6, 6.07) is 15.4. The number of H-pyrrole nitrogens is 1. The van der Waals surface area contributed by atoms with Crippen LogP contribution < -0.4 is 0 Å². The number of aromatic nitrogens is 4. The highest BCUT2D eigenvalue weighted by molar-refractivity contribution is 5.80. The maximum Gasteiger partial charge on any atom is 0.195 e. The lowest BCUT2D eigenvalue weighted by molar-refractivity contribution is 0.475. The lowest BCUT2D eigenvalue weighted by atomic mass is 10.0. The number of aromatic amines is 1. The molecule has 0 saturated carbocycles. The van der Waals surface area contributed by atoms with E-state index < -0.39 is 0 Å². The van der Waals surface area contributed by atoms with E-state index in [4.69, 9.17) is 0 Å². The van der Waals surface area contributed by atoms with Crippen molar-refractivity contribution < 1.29 is 10.2 Å². The summed E-state index contributed by atoms with van der Waals surface area (Å²) < 4.78 is 0. The van der Waals surface area contributed by atoms with E-state index in [0.29, 0.717) is 17.3 Å². The van der Waals surface area contributed by atoms with Crippen LogP contribution in [-0.2, 0) is 0 Å². The summed E-state index contributed by atoms with van der Waals surface area (Å²) >= 11 is 0. The number of hydrogen-bond acceptors (Lipinski definition) is 5. The Balaban J connectivity index is 1.89. The van der Waals surface area contributed by atoms with E-state index in [0.717, 1.165) is 16.8 Å². The van der Waals surface area contributed by atoms with E-state index in [2.05, 4.69) is 19.9 Å². The summed E-state index contributed by atoms with van der Waals surface area (Å²) in [4.78, 5) is 16.4. The zero-order valence-corrected chi connectivity index (χ0v) is 13.1. The minimum atomic E-state index is 0.192. The van der Waals surface area contributed by atoms with Crippen molar-refractivity contribution >= 4 is 0 Å². The minimum absolute atomic E-state index is 0.192. The fraction of sp³-hybridized carbons (Fsp3) is 0. The number of aromatic hydroxyl groups is 2. The molecule has 0 aliphatic carbocycles. The Labute approximate surface area is 143 Å². The van der Waals surface area contributed by atoms with Gasteiger partial charge < -0.3 is 15.2 Å². The van der Waals surface area contributed by atoms with Crippen molar-refractivity contribution in [3.63, 3.8) is 0 Å². The number of nitrogens with zero attached hydrogens (tertiary/aromatic N) is 3. The highest BCUT2D eigenvalue weighted by Gasteiger charge is 2.16. The smallest absolute Gasteiger partial charge is 0.195 e. The van der Waals surface area contributed by atoms with Crippen LogP contribution in [0.5, 0.6) is 11.5 Å². The zero-order chi connectivity index (χ0) is 17.2. The van der Waals surface area contributed by atoms with E-state index in [1.165, 1.54) is 0 Å². The summed E-state index contributed by atoms with van der Waals surface area (Å²) in [6.07, 6.45) is 3.32. The van der Waals surface area contributed by atoms with Crippen molar-refractivity contribution in [1.29, 1.82) is 0 Å². The predicted molar refractivity (Wildman–Crippen MR) is 93.8 cm³/mol. The van der Waals surface area contributed by atoms with Gasteiger partial charge in [0.25, 0.3) is 0 Å². The van der Waals surface area contributed by atoms with Gasteiger partial charge in [-0.1, -0.05) is 0 Å². The van der Waals surface area contributed by atoms with Crippen LogP contribution in [0.4, 0.5) is 0 Å². The third-order valence-corrected chi connectivity index (χ3v) is 3.78. The van der Waals surface area contributed by atoms with Crippen LogP contribution in [0.15, 0.2) is 67.0 Å². The van der Waals surface area contributed by atoms with E-state index in [-0.39, 0.29) is 11.5 Å². The van der Waals surface area contributed by atoms with E-state index in [1.54, 1.807) is 54.9 Å². The molecule has 3 N–H and O–H groups in total. The molecule has 0 radical (unpaired) electrons. The van der Waals surface area contributed by atoms with Crippen LogP contribution in [0.1, 0.15) is 0 Å². The molecule has 0 spiro atoms. The largest absolute Gasteiger partial charge is 0.508 e. The minimum Gasteiger partial charge on any atom is -0.508 e. The first-order chi connectivity index (χ1) is 12.2. The van der Waals surface area contributed by atoms with Crippen LogP contribution >= 0.6 is 0 Å². The molecule has 2 heterocycles. The molecule has 0 aliphatic rings. The molecule has 0 atom stereocenters. The molecule has 122 valence electrons. The normalized spacial score (nSPS) is 10.7. The van der Waals surface area contributed by atoms with Crippen molar-refractivity contribution in [1.82, 2.24) is 19.9 Å². The molecule has 6 heteroatoms.